The van der Waals surface area contributed by atoms with Crippen molar-refractivity contribution in [1.82, 2.24) is 14.8 Å². The van der Waals surface area contributed by atoms with Crippen molar-refractivity contribution in [1.29, 1.82) is 5.26 Å². The lowest BCUT2D eigenvalue weighted by atomic mass is 9.79. The zero-order chi connectivity index (χ0) is 23.2. The molecule has 0 bridgehead atoms. The molecule has 0 radical (unpaired) electrons. The molecule has 31 heavy (non-hydrogen) atoms. The number of anilines is 1. The van der Waals surface area contributed by atoms with Crippen LogP contribution in [0.2, 0.25) is 0 Å². The lowest BCUT2D eigenvalue weighted by molar-refractivity contribution is -0.192. The number of hydrogen-bond acceptors (Lipinski definition) is 6. The molecule has 2 aliphatic heterocycles. The Bertz CT molecular complexity index is 823. The summed E-state index contributed by atoms with van der Waals surface area (Å²) in [7, 11) is 3.63. The second kappa shape index (κ2) is 9.96. The van der Waals surface area contributed by atoms with Gasteiger partial charge in [0.15, 0.2) is 0 Å². The van der Waals surface area contributed by atoms with Gasteiger partial charge < -0.3 is 14.9 Å². The Balaban J connectivity index is 0.000000423. The van der Waals surface area contributed by atoms with Gasteiger partial charge in [0.1, 0.15) is 11.9 Å². The van der Waals surface area contributed by atoms with Crippen molar-refractivity contribution in [3.8, 4) is 6.07 Å². The predicted octanol–water partition coefficient (Wildman–Crippen LogP) is 1.97. The van der Waals surface area contributed by atoms with E-state index in [1.165, 1.54) is 6.42 Å². The van der Waals surface area contributed by atoms with Crippen LogP contribution in [0.3, 0.4) is 0 Å². The number of nitrogens with zero attached hydrogens (tertiary/aromatic N) is 5. The topological polar surface area (TPSA) is 101 Å². The van der Waals surface area contributed by atoms with Crippen LogP contribution >= 0.6 is 0 Å². The van der Waals surface area contributed by atoms with E-state index < -0.39 is 12.1 Å². The summed E-state index contributed by atoms with van der Waals surface area (Å²) in [6.45, 7) is 4.49. The van der Waals surface area contributed by atoms with E-state index in [1.54, 1.807) is 11.1 Å². The van der Waals surface area contributed by atoms with Gasteiger partial charge in [0.25, 0.3) is 0 Å². The second-order valence-corrected chi connectivity index (χ2v) is 8.09. The van der Waals surface area contributed by atoms with E-state index in [9.17, 15) is 18.0 Å². The minimum Gasteiger partial charge on any atom is -0.475 e. The van der Waals surface area contributed by atoms with Crippen molar-refractivity contribution in [2.75, 3.05) is 51.7 Å². The number of amides is 1. The number of aliphatic carboxylic acids is 1. The van der Waals surface area contributed by atoms with E-state index in [2.05, 4.69) is 20.9 Å². The van der Waals surface area contributed by atoms with Crippen LogP contribution in [0.25, 0.3) is 0 Å². The monoisotopic (exact) mass is 441 g/mol. The minimum absolute atomic E-state index is 0.177. The molecule has 1 aromatic rings. The average Bonchev–Trinajstić information content (AvgIpc) is 3.10. The Hall–Kier alpha value is -2.87. The zero-order valence-electron chi connectivity index (χ0n) is 17.5. The third-order valence-corrected chi connectivity index (χ3v) is 5.48. The lowest BCUT2D eigenvalue weighted by Crippen LogP contribution is -2.48. The molecule has 170 valence electrons. The van der Waals surface area contributed by atoms with Gasteiger partial charge in [-0.25, -0.2) is 9.78 Å². The molecular formula is C20H26F3N5O3. The molecular weight excluding hydrogens is 415 g/mol. The number of likely N-dealkylation sites (tertiary alicyclic amines) is 1. The fourth-order valence-corrected chi connectivity index (χ4v) is 3.88. The molecule has 3 heterocycles. The van der Waals surface area contributed by atoms with Crippen molar-refractivity contribution in [3.05, 3.63) is 23.9 Å². The molecule has 1 N–H and O–H groups in total. The van der Waals surface area contributed by atoms with Crippen molar-refractivity contribution < 1.29 is 27.9 Å². The highest BCUT2D eigenvalue weighted by Crippen LogP contribution is 2.40. The second-order valence-electron chi connectivity index (χ2n) is 8.09. The largest absolute Gasteiger partial charge is 0.490 e. The molecule has 1 atom stereocenters. The molecule has 1 aromatic heterocycles. The van der Waals surface area contributed by atoms with Crippen LogP contribution in [0.5, 0.6) is 0 Å². The molecule has 3 rings (SSSR count). The van der Waals surface area contributed by atoms with Crippen LogP contribution in [-0.2, 0) is 9.59 Å². The van der Waals surface area contributed by atoms with Gasteiger partial charge in [-0.15, -0.1) is 0 Å². The Labute approximate surface area is 178 Å². The summed E-state index contributed by atoms with van der Waals surface area (Å²) in [5.41, 5.74) is 0.860. The number of hydrogen-bond donors (Lipinski definition) is 1. The minimum atomic E-state index is -5.08. The quantitative estimate of drug-likeness (QED) is 0.765. The summed E-state index contributed by atoms with van der Waals surface area (Å²) in [6.07, 6.45) is 0.0619. The van der Waals surface area contributed by atoms with Gasteiger partial charge in [0, 0.05) is 45.3 Å². The number of aromatic nitrogens is 1. The maximum Gasteiger partial charge on any atom is 0.490 e. The van der Waals surface area contributed by atoms with Crippen LogP contribution in [0.15, 0.2) is 18.3 Å². The molecule has 2 saturated heterocycles. The number of likely N-dealkylation sites (N-methyl/N-ethyl adjacent to an activating group) is 1. The van der Waals surface area contributed by atoms with E-state index in [4.69, 9.17) is 15.2 Å². The first-order valence-electron chi connectivity index (χ1n) is 9.79. The van der Waals surface area contributed by atoms with Crippen molar-refractivity contribution in [2.45, 2.75) is 25.4 Å². The normalized spacial score (nSPS) is 21.2. The summed E-state index contributed by atoms with van der Waals surface area (Å²) in [5, 5.41) is 16.0. The fraction of sp³-hybridized carbons (Fsp3) is 0.600. The van der Waals surface area contributed by atoms with Gasteiger partial charge in [-0.05, 0) is 37.9 Å². The van der Waals surface area contributed by atoms with Crippen molar-refractivity contribution in [3.63, 3.8) is 0 Å². The summed E-state index contributed by atoms with van der Waals surface area (Å²) < 4.78 is 31.7. The van der Waals surface area contributed by atoms with Crippen LogP contribution in [-0.4, -0.2) is 84.8 Å². The number of carbonyl (C=O) groups excluding carboxylic acids is 1. The van der Waals surface area contributed by atoms with Crippen molar-refractivity contribution >= 4 is 17.7 Å². The van der Waals surface area contributed by atoms with Crippen LogP contribution in [0.1, 0.15) is 24.8 Å². The number of pyridine rings is 1. The summed E-state index contributed by atoms with van der Waals surface area (Å²) >= 11 is 0. The Morgan fingerprint density at radius 3 is 2.45 bits per heavy atom. The molecule has 0 saturated carbocycles. The molecule has 0 aromatic carbocycles. The number of carboxylic acids is 1. The van der Waals surface area contributed by atoms with Crippen molar-refractivity contribution in [2.24, 2.45) is 5.41 Å². The molecule has 2 fully saturated rings. The predicted molar refractivity (Wildman–Crippen MR) is 106 cm³/mol. The number of alkyl halides is 3. The lowest BCUT2D eigenvalue weighted by Gasteiger charge is -2.40. The molecule has 1 spiro atoms. The molecule has 2 aliphatic rings. The van der Waals surface area contributed by atoms with Crippen LogP contribution in [0.4, 0.5) is 19.0 Å². The highest BCUT2D eigenvalue weighted by molar-refractivity contribution is 5.77. The van der Waals surface area contributed by atoms with E-state index in [1.807, 2.05) is 26.2 Å². The maximum absolute atomic E-state index is 12.0. The highest BCUT2D eigenvalue weighted by atomic mass is 19.4. The standard InChI is InChI=1S/C18H25N5O.C2HF3O2/c1-21(2)17(24)12-22-8-3-6-18(13-22)7-9-23(14-18)16-5-4-15(10-19)11-20-16;3-2(4,5)1(6)7/h4-5,11H,3,6-9,12-14H2,1-2H3;(H,6,7). The Morgan fingerprint density at radius 1 is 1.26 bits per heavy atom. The molecule has 0 aliphatic carbocycles. The SMILES string of the molecule is CN(C)C(=O)CN1CCCC2(CCN(c3ccc(C#N)cn3)C2)C1.O=C(O)C(F)(F)F. The van der Waals surface area contributed by atoms with Gasteiger partial charge >= 0.3 is 12.1 Å². The van der Waals surface area contributed by atoms with Crippen LogP contribution < -0.4 is 4.90 Å². The number of rotatable bonds is 3. The number of nitriles is 1. The Morgan fingerprint density at radius 2 is 1.94 bits per heavy atom. The third kappa shape index (κ3) is 6.82. The first kappa shape index (κ1) is 24.4. The van der Waals surface area contributed by atoms with Gasteiger partial charge in [-0.3, -0.25) is 9.69 Å². The fourth-order valence-electron chi connectivity index (χ4n) is 3.88. The Kier molecular flexibility index (Phi) is 7.84. The maximum atomic E-state index is 12.0. The van der Waals surface area contributed by atoms with Gasteiger partial charge in [0.2, 0.25) is 5.91 Å². The molecule has 1 unspecified atom stereocenters. The van der Waals surface area contributed by atoms with E-state index in [0.717, 1.165) is 44.8 Å². The van der Waals surface area contributed by atoms with Crippen LogP contribution in [0, 0.1) is 16.7 Å². The van der Waals surface area contributed by atoms with Gasteiger partial charge in [-0.1, -0.05) is 0 Å². The molecule has 8 nitrogen and oxygen atoms in total. The van der Waals surface area contributed by atoms with E-state index in [0.29, 0.717) is 12.1 Å². The highest BCUT2D eigenvalue weighted by Gasteiger charge is 2.42. The molecule has 1 amide bonds. The van der Waals surface area contributed by atoms with E-state index in [-0.39, 0.29) is 11.3 Å². The average molecular weight is 441 g/mol. The van der Waals surface area contributed by atoms with Gasteiger partial charge in [-0.2, -0.15) is 18.4 Å². The number of halogens is 3. The summed E-state index contributed by atoms with van der Waals surface area (Å²) in [5.74, 6) is -1.63. The number of carbonyl (C=O) groups is 2. The number of carboxylic acid groups (broad SMARTS) is 1. The van der Waals surface area contributed by atoms with E-state index >= 15 is 0 Å². The zero-order valence-corrected chi connectivity index (χ0v) is 17.5. The smallest absolute Gasteiger partial charge is 0.475 e. The third-order valence-electron chi connectivity index (χ3n) is 5.48. The first-order valence-corrected chi connectivity index (χ1v) is 9.79. The summed E-state index contributed by atoms with van der Waals surface area (Å²) in [6, 6.07) is 5.88. The summed E-state index contributed by atoms with van der Waals surface area (Å²) in [4.78, 5) is 31.6. The number of piperidine rings is 1. The molecule has 11 heteroatoms. The first-order chi connectivity index (χ1) is 14.5. The van der Waals surface area contributed by atoms with Gasteiger partial charge in [0.05, 0.1) is 12.1 Å².